The molecular weight excluding hydrogens is 353 g/mol. The van der Waals surface area contributed by atoms with Crippen LogP contribution >= 0.6 is 0 Å². The lowest BCUT2D eigenvalue weighted by atomic mass is 9.96. The number of benzene rings is 1. The van der Waals surface area contributed by atoms with Crippen LogP contribution in [0.5, 0.6) is 0 Å². The molecule has 0 aliphatic heterocycles. The molecule has 2 aromatic rings. The van der Waals surface area contributed by atoms with Crippen LogP contribution in [0.1, 0.15) is 43.0 Å². The van der Waals surface area contributed by atoms with Crippen LogP contribution in [0.2, 0.25) is 0 Å². The van der Waals surface area contributed by atoms with Gasteiger partial charge in [-0.1, -0.05) is 31.2 Å². The van der Waals surface area contributed by atoms with E-state index in [9.17, 15) is 13.2 Å². The molecule has 146 valence electrons. The Kier molecular flexibility index (Phi) is 7.64. The number of alkyl halides is 3. The molecule has 0 bridgehead atoms. The Hall–Kier alpha value is -2.57. The third-order valence-electron chi connectivity index (χ3n) is 4.12. The summed E-state index contributed by atoms with van der Waals surface area (Å²) < 4.78 is 38.6. The second-order valence-corrected chi connectivity index (χ2v) is 6.26. The highest BCUT2D eigenvalue weighted by Crippen LogP contribution is 2.31. The molecule has 27 heavy (non-hydrogen) atoms. The van der Waals surface area contributed by atoms with Crippen molar-refractivity contribution in [1.29, 1.82) is 0 Å². The average molecular weight is 378 g/mol. The zero-order valence-electron chi connectivity index (χ0n) is 15.6. The molecule has 0 saturated heterocycles. The number of hydrogen-bond donors (Lipinski definition) is 2. The summed E-state index contributed by atoms with van der Waals surface area (Å²) in [7, 11) is 0. The maximum absolute atomic E-state index is 12.9. The first-order chi connectivity index (χ1) is 12.9. The van der Waals surface area contributed by atoms with Gasteiger partial charge in [-0.15, -0.1) is 0 Å². The van der Waals surface area contributed by atoms with Crippen molar-refractivity contribution in [3.63, 3.8) is 0 Å². The molecule has 2 N–H and O–H groups in total. The Morgan fingerprint density at radius 3 is 2.63 bits per heavy atom. The van der Waals surface area contributed by atoms with E-state index < -0.39 is 11.7 Å². The summed E-state index contributed by atoms with van der Waals surface area (Å²) in [6.07, 6.45) is -1.90. The summed E-state index contributed by atoms with van der Waals surface area (Å²) in [5.41, 5.74) is 0.944. The van der Waals surface area contributed by atoms with Crippen LogP contribution in [0.25, 0.3) is 0 Å². The van der Waals surface area contributed by atoms with Crippen LogP contribution in [0.15, 0.2) is 53.7 Å². The molecule has 0 radical (unpaired) electrons. The third kappa shape index (κ3) is 6.92. The zero-order chi connectivity index (χ0) is 19.7. The highest BCUT2D eigenvalue weighted by Gasteiger charge is 2.30. The van der Waals surface area contributed by atoms with Crippen molar-refractivity contribution in [2.24, 2.45) is 4.99 Å². The van der Waals surface area contributed by atoms with Crippen molar-refractivity contribution in [3.8, 4) is 0 Å². The van der Waals surface area contributed by atoms with Gasteiger partial charge in [0.1, 0.15) is 0 Å². The van der Waals surface area contributed by atoms with Crippen molar-refractivity contribution >= 4 is 5.96 Å². The van der Waals surface area contributed by atoms with Gasteiger partial charge in [-0.25, -0.2) is 4.99 Å². The highest BCUT2D eigenvalue weighted by atomic mass is 19.4. The second kappa shape index (κ2) is 9.94. The molecule has 1 aromatic carbocycles. The predicted molar refractivity (Wildman–Crippen MR) is 102 cm³/mol. The number of rotatable bonds is 7. The van der Waals surface area contributed by atoms with Gasteiger partial charge in [0.2, 0.25) is 0 Å². The molecule has 0 saturated carbocycles. The normalized spacial score (nSPS) is 13.3. The minimum Gasteiger partial charge on any atom is -0.357 e. The SMILES string of the molecule is CCNC(=NCc1ccccn1)NCCC(C)c1cccc(C(F)(F)F)c1. The molecule has 0 amide bonds. The van der Waals surface area contributed by atoms with Crippen LogP contribution in [-0.2, 0) is 12.7 Å². The van der Waals surface area contributed by atoms with E-state index in [-0.39, 0.29) is 5.92 Å². The Morgan fingerprint density at radius 2 is 1.96 bits per heavy atom. The van der Waals surface area contributed by atoms with Gasteiger partial charge in [0.05, 0.1) is 17.8 Å². The Bertz CT molecular complexity index is 730. The van der Waals surface area contributed by atoms with Crippen LogP contribution in [0.4, 0.5) is 13.2 Å². The van der Waals surface area contributed by atoms with Crippen LogP contribution < -0.4 is 10.6 Å². The first kappa shape index (κ1) is 20.7. The smallest absolute Gasteiger partial charge is 0.357 e. The van der Waals surface area contributed by atoms with E-state index in [1.54, 1.807) is 12.3 Å². The number of nitrogens with one attached hydrogen (secondary N) is 2. The first-order valence-electron chi connectivity index (χ1n) is 8.99. The topological polar surface area (TPSA) is 49.3 Å². The maximum atomic E-state index is 12.9. The fraction of sp³-hybridized carbons (Fsp3) is 0.400. The van der Waals surface area contributed by atoms with Gasteiger partial charge in [-0.05, 0) is 43.0 Å². The quantitative estimate of drug-likeness (QED) is 0.556. The van der Waals surface area contributed by atoms with E-state index in [4.69, 9.17) is 0 Å². The fourth-order valence-corrected chi connectivity index (χ4v) is 2.59. The lowest BCUT2D eigenvalue weighted by Crippen LogP contribution is -2.38. The first-order valence-corrected chi connectivity index (χ1v) is 8.99. The van der Waals surface area contributed by atoms with Crippen LogP contribution in [0, 0.1) is 0 Å². The molecule has 0 aliphatic carbocycles. The molecule has 0 fully saturated rings. The van der Waals surface area contributed by atoms with Gasteiger partial charge in [0.15, 0.2) is 5.96 Å². The van der Waals surface area contributed by atoms with Crippen molar-refractivity contribution in [3.05, 3.63) is 65.5 Å². The van der Waals surface area contributed by atoms with Gasteiger partial charge < -0.3 is 10.6 Å². The van der Waals surface area contributed by atoms with E-state index in [1.165, 1.54) is 12.1 Å². The fourth-order valence-electron chi connectivity index (χ4n) is 2.59. The molecule has 1 heterocycles. The number of halogens is 3. The minimum atomic E-state index is -4.32. The Labute approximate surface area is 157 Å². The Balaban J connectivity index is 1.90. The third-order valence-corrected chi connectivity index (χ3v) is 4.12. The molecule has 1 atom stereocenters. The second-order valence-electron chi connectivity index (χ2n) is 6.26. The zero-order valence-corrected chi connectivity index (χ0v) is 15.6. The standard InChI is InChI=1S/C20H25F3N4/c1-3-24-19(27-14-18-9-4-5-11-25-18)26-12-10-15(2)16-7-6-8-17(13-16)20(21,22)23/h4-9,11,13,15H,3,10,12,14H2,1-2H3,(H2,24,26,27). The number of hydrogen-bond acceptors (Lipinski definition) is 2. The molecule has 4 nitrogen and oxygen atoms in total. The van der Waals surface area contributed by atoms with Crippen LogP contribution in [-0.4, -0.2) is 24.0 Å². The molecule has 2 rings (SSSR count). The lowest BCUT2D eigenvalue weighted by Gasteiger charge is -2.16. The molecular formula is C20H25F3N4. The molecule has 7 heteroatoms. The highest BCUT2D eigenvalue weighted by molar-refractivity contribution is 5.79. The number of aromatic nitrogens is 1. The average Bonchev–Trinajstić information content (AvgIpc) is 2.66. The Morgan fingerprint density at radius 1 is 1.15 bits per heavy atom. The van der Waals surface area contributed by atoms with Gasteiger partial charge in [0.25, 0.3) is 0 Å². The number of guanidine groups is 1. The maximum Gasteiger partial charge on any atom is 0.416 e. The van der Waals surface area contributed by atoms with Gasteiger partial charge >= 0.3 is 6.18 Å². The van der Waals surface area contributed by atoms with E-state index in [1.807, 2.05) is 32.0 Å². The van der Waals surface area contributed by atoms with E-state index in [2.05, 4.69) is 20.6 Å². The summed E-state index contributed by atoms with van der Waals surface area (Å²) >= 11 is 0. The molecule has 0 aliphatic rings. The van der Waals surface area contributed by atoms with E-state index in [0.717, 1.165) is 18.3 Å². The van der Waals surface area contributed by atoms with Gasteiger partial charge in [-0.2, -0.15) is 13.2 Å². The van der Waals surface area contributed by atoms with Gasteiger partial charge in [0, 0.05) is 19.3 Å². The summed E-state index contributed by atoms with van der Waals surface area (Å²) in [5.74, 6) is 0.665. The number of nitrogens with zero attached hydrogens (tertiary/aromatic N) is 2. The van der Waals surface area contributed by atoms with E-state index in [0.29, 0.717) is 31.0 Å². The predicted octanol–water partition coefficient (Wildman–Crippen LogP) is 4.35. The lowest BCUT2D eigenvalue weighted by molar-refractivity contribution is -0.137. The number of pyridine rings is 1. The van der Waals surface area contributed by atoms with Crippen molar-refractivity contribution in [1.82, 2.24) is 15.6 Å². The number of aliphatic imine (C=N–C) groups is 1. The monoisotopic (exact) mass is 378 g/mol. The summed E-state index contributed by atoms with van der Waals surface area (Å²) in [4.78, 5) is 8.72. The van der Waals surface area contributed by atoms with Crippen molar-refractivity contribution < 1.29 is 13.2 Å². The van der Waals surface area contributed by atoms with Crippen molar-refractivity contribution in [2.75, 3.05) is 13.1 Å². The summed E-state index contributed by atoms with van der Waals surface area (Å²) in [6, 6.07) is 11.2. The molecule has 1 unspecified atom stereocenters. The van der Waals surface area contributed by atoms with Crippen LogP contribution in [0.3, 0.4) is 0 Å². The summed E-state index contributed by atoms with van der Waals surface area (Å²) in [5, 5.41) is 6.38. The summed E-state index contributed by atoms with van der Waals surface area (Å²) in [6.45, 7) is 5.68. The molecule has 0 spiro atoms. The largest absolute Gasteiger partial charge is 0.416 e. The minimum absolute atomic E-state index is 0.00142. The molecule has 1 aromatic heterocycles. The van der Waals surface area contributed by atoms with E-state index >= 15 is 0 Å². The van der Waals surface area contributed by atoms with Gasteiger partial charge in [-0.3, -0.25) is 4.98 Å². The van der Waals surface area contributed by atoms with Crippen molar-refractivity contribution in [2.45, 2.75) is 38.9 Å².